The molecule has 0 saturated carbocycles. The Labute approximate surface area is 122 Å². The zero-order valence-corrected chi connectivity index (χ0v) is 11.4. The van der Waals surface area contributed by atoms with E-state index in [9.17, 15) is 14.8 Å². The van der Waals surface area contributed by atoms with Crippen LogP contribution in [0.5, 0.6) is 0 Å². The second-order valence-electron chi connectivity index (χ2n) is 5.12. The fraction of sp³-hybridized carbons (Fsp3) is 0.176. The van der Waals surface area contributed by atoms with Gasteiger partial charge in [-0.05, 0) is 30.0 Å². The average Bonchev–Trinajstić information content (AvgIpc) is 2.54. The van der Waals surface area contributed by atoms with Crippen molar-refractivity contribution >= 4 is 11.8 Å². The van der Waals surface area contributed by atoms with Crippen molar-refractivity contribution in [1.82, 2.24) is 5.06 Å². The first-order valence-electron chi connectivity index (χ1n) is 6.88. The van der Waals surface area contributed by atoms with Crippen molar-refractivity contribution in [3.63, 3.8) is 0 Å². The first kappa shape index (κ1) is 13.5. The smallest absolute Gasteiger partial charge is 0.278 e. The van der Waals surface area contributed by atoms with E-state index >= 15 is 0 Å². The van der Waals surface area contributed by atoms with Crippen LogP contribution < -0.4 is 0 Å². The Morgan fingerprint density at radius 1 is 0.952 bits per heavy atom. The lowest BCUT2D eigenvalue weighted by Gasteiger charge is -2.28. The van der Waals surface area contributed by atoms with Gasteiger partial charge in [0.25, 0.3) is 11.8 Å². The fourth-order valence-electron chi connectivity index (χ4n) is 2.73. The van der Waals surface area contributed by atoms with E-state index in [4.69, 9.17) is 0 Å². The van der Waals surface area contributed by atoms with E-state index in [0.29, 0.717) is 24.0 Å². The number of fused-ring (bicyclic) bond motifs is 1. The van der Waals surface area contributed by atoms with Crippen LogP contribution in [0.1, 0.15) is 33.8 Å². The molecule has 0 fully saturated rings. The van der Waals surface area contributed by atoms with Crippen LogP contribution in [0.3, 0.4) is 0 Å². The third kappa shape index (κ3) is 2.45. The van der Waals surface area contributed by atoms with E-state index in [1.54, 1.807) is 18.2 Å². The van der Waals surface area contributed by atoms with Crippen molar-refractivity contribution in [2.75, 3.05) is 0 Å². The molecule has 2 aromatic carbocycles. The van der Waals surface area contributed by atoms with Crippen LogP contribution in [0.15, 0.2) is 54.6 Å². The molecule has 0 unspecified atom stereocenters. The van der Waals surface area contributed by atoms with Crippen molar-refractivity contribution in [1.29, 1.82) is 0 Å². The van der Waals surface area contributed by atoms with E-state index in [1.807, 2.05) is 36.4 Å². The van der Waals surface area contributed by atoms with Crippen LogP contribution in [0, 0.1) is 0 Å². The first-order valence-corrected chi connectivity index (χ1v) is 6.88. The van der Waals surface area contributed by atoms with Crippen LogP contribution in [-0.4, -0.2) is 22.1 Å². The highest BCUT2D eigenvalue weighted by Crippen LogP contribution is 2.31. The van der Waals surface area contributed by atoms with Crippen molar-refractivity contribution in [3.8, 4) is 0 Å². The van der Waals surface area contributed by atoms with E-state index in [1.165, 1.54) is 0 Å². The highest BCUT2D eigenvalue weighted by atomic mass is 16.5. The van der Waals surface area contributed by atoms with Gasteiger partial charge in [0.1, 0.15) is 0 Å². The van der Waals surface area contributed by atoms with Crippen molar-refractivity contribution in [2.24, 2.45) is 0 Å². The van der Waals surface area contributed by atoms with Crippen LogP contribution >= 0.6 is 0 Å². The number of carbonyl (C=O) groups excluding carboxylic acids is 2. The van der Waals surface area contributed by atoms with Gasteiger partial charge in [0, 0.05) is 5.56 Å². The quantitative estimate of drug-likeness (QED) is 0.695. The summed E-state index contributed by atoms with van der Waals surface area (Å²) in [5, 5.41) is 9.94. The van der Waals surface area contributed by atoms with Crippen molar-refractivity contribution in [2.45, 2.75) is 18.8 Å². The van der Waals surface area contributed by atoms with Gasteiger partial charge in [0.2, 0.25) is 0 Å². The molecule has 2 aromatic rings. The molecule has 1 N–H and O–H groups in total. The number of carbonyl (C=O) groups is 2. The van der Waals surface area contributed by atoms with Gasteiger partial charge in [-0.1, -0.05) is 48.5 Å². The predicted molar refractivity (Wildman–Crippen MR) is 76.9 cm³/mol. The number of imide groups is 1. The molecule has 4 nitrogen and oxygen atoms in total. The van der Waals surface area contributed by atoms with Crippen LogP contribution in [0.25, 0.3) is 0 Å². The normalized spacial score (nSPS) is 17.8. The van der Waals surface area contributed by atoms with E-state index in [-0.39, 0.29) is 5.06 Å². The Kier molecular flexibility index (Phi) is 3.54. The molecule has 0 aromatic heterocycles. The molecular formula is C17H15NO3. The van der Waals surface area contributed by atoms with Gasteiger partial charge in [-0.2, -0.15) is 5.06 Å². The largest absolute Gasteiger partial charge is 0.284 e. The van der Waals surface area contributed by atoms with Gasteiger partial charge in [-0.3, -0.25) is 14.8 Å². The van der Waals surface area contributed by atoms with Gasteiger partial charge in [0.15, 0.2) is 0 Å². The Morgan fingerprint density at radius 2 is 1.62 bits per heavy atom. The number of aryl methyl sites for hydroxylation is 1. The lowest BCUT2D eigenvalue weighted by molar-refractivity contribution is -0.156. The Hall–Kier alpha value is -2.46. The van der Waals surface area contributed by atoms with Crippen molar-refractivity contribution in [3.05, 3.63) is 71.3 Å². The lowest BCUT2D eigenvalue weighted by Crippen LogP contribution is -2.42. The molecule has 1 aliphatic heterocycles. The zero-order chi connectivity index (χ0) is 14.8. The summed E-state index contributed by atoms with van der Waals surface area (Å²) in [5.74, 6) is -1.68. The first-order chi connectivity index (χ1) is 10.2. The van der Waals surface area contributed by atoms with Gasteiger partial charge in [0.05, 0.1) is 5.92 Å². The molecule has 0 spiro atoms. The summed E-state index contributed by atoms with van der Waals surface area (Å²) in [4.78, 5) is 24.1. The molecule has 0 radical (unpaired) electrons. The number of amides is 2. The maximum atomic E-state index is 12.2. The van der Waals surface area contributed by atoms with Crippen molar-refractivity contribution < 1.29 is 14.8 Å². The molecular weight excluding hydrogens is 266 g/mol. The number of hydrogen-bond donors (Lipinski definition) is 1. The van der Waals surface area contributed by atoms with Crippen LogP contribution in [-0.2, 0) is 11.2 Å². The predicted octanol–water partition coefficient (Wildman–Crippen LogP) is 2.77. The lowest BCUT2D eigenvalue weighted by atomic mass is 9.85. The Bertz CT molecular complexity index is 681. The monoisotopic (exact) mass is 281 g/mol. The molecule has 1 heterocycles. The van der Waals surface area contributed by atoms with Gasteiger partial charge < -0.3 is 0 Å². The SMILES string of the molecule is O=C1c2ccccc2[C@H](CCc2ccccc2)C(=O)N1O. The molecule has 0 saturated heterocycles. The summed E-state index contributed by atoms with van der Waals surface area (Å²) in [5.41, 5.74) is 2.23. The minimum Gasteiger partial charge on any atom is -0.278 e. The minimum absolute atomic E-state index is 0.248. The third-order valence-electron chi connectivity index (χ3n) is 3.83. The number of hydrogen-bond acceptors (Lipinski definition) is 3. The minimum atomic E-state index is -0.647. The van der Waals surface area contributed by atoms with E-state index in [0.717, 1.165) is 5.56 Å². The zero-order valence-electron chi connectivity index (χ0n) is 11.4. The second kappa shape index (κ2) is 5.50. The third-order valence-corrected chi connectivity index (χ3v) is 3.83. The molecule has 3 rings (SSSR count). The summed E-state index contributed by atoms with van der Waals surface area (Å²) < 4.78 is 0. The van der Waals surface area contributed by atoms with Gasteiger partial charge in [-0.15, -0.1) is 0 Å². The molecule has 1 aliphatic rings. The molecule has 0 aliphatic carbocycles. The highest BCUT2D eigenvalue weighted by molar-refractivity contribution is 6.10. The molecule has 0 bridgehead atoms. The summed E-state index contributed by atoms with van der Waals surface area (Å²) in [6, 6.07) is 16.8. The van der Waals surface area contributed by atoms with E-state index in [2.05, 4.69) is 0 Å². The summed E-state index contributed by atoms with van der Waals surface area (Å²) in [7, 11) is 0. The fourth-order valence-corrected chi connectivity index (χ4v) is 2.73. The van der Waals surface area contributed by atoms with E-state index < -0.39 is 17.7 Å². The van der Waals surface area contributed by atoms with Gasteiger partial charge >= 0.3 is 0 Å². The average molecular weight is 281 g/mol. The topological polar surface area (TPSA) is 57.6 Å². The van der Waals surface area contributed by atoms with Crippen LogP contribution in [0.4, 0.5) is 0 Å². The summed E-state index contributed by atoms with van der Waals surface area (Å²) in [6.07, 6.45) is 1.28. The molecule has 2 amide bonds. The molecule has 106 valence electrons. The Morgan fingerprint density at radius 3 is 2.38 bits per heavy atom. The highest BCUT2D eigenvalue weighted by Gasteiger charge is 2.37. The van der Waals surface area contributed by atoms with Gasteiger partial charge in [-0.25, -0.2) is 0 Å². The second-order valence-corrected chi connectivity index (χ2v) is 5.12. The number of hydroxylamine groups is 2. The summed E-state index contributed by atoms with van der Waals surface area (Å²) >= 11 is 0. The molecule has 4 heteroatoms. The molecule has 1 atom stereocenters. The number of benzene rings is 2. The Balaban J connectivity index is 1.88. The number of rotatable bonds is 3. The standard InChI is InChI=1S/C17H15NO3/c19-16-14-9-5-4-8-13(14)15(17(20)18(16)21)11-10-12-6-2-1-3-7-12/h1-9,15,21H,10-11H2/t15-/m0/s1. The van der Waals surface area contributed by atoms with Crippen LogP contribution in [0.2, 0.25) is 0 Å². The molecule has 21 heavy (non-hydrogen) atoms. The number of nitrogens with zero attached hydrogens (tertiary/aromatic N) is 1. The maximum absolute atomic E-state index is 12.2. The summed E-state index contributed by atoms with van der Waals surface area (Å²) in [6.45, 7) is 0. The maximum Gasteiger partial charge on any atom is 0.284 e.